The molecule has 0 aliphatic rings. The highest BCUT2D eigenvalue weighted by atomic mass is 16.6. The van der Waals surface area contributed by atoms with Crippen molar-refractivity contribution >= 4 is 17.9 Å². The summed E-state index contributed by atoms with van der Waals surface area (Å²) in [5.74, 6) is -0.603. The van der Waals surface area contributed by atoms with E-state index in [1.165, 1.54) is 18.2 Å². The third kappa shape index (κ3) is 3.65. The minimum absolute atomic E-state index is 0.131. The fourth-order valence-electron chi connectivity index (χ4n) is 1.48. The summed E-state index contributed by atoms with van der Waals surface area (Å²) in [6.07, 6.45) is 1.34. The number of rotatable bonds is 6. The monoisotopic (exact) mass is 251 g/mol. The number of hydrogen-bond acceptors (Lipinski definition) is 5. The molecule has 6 heteroatoms. The molecule has 0 heterocycles. The zero-order valence-electron chi connectivity index (χ0n) is 9.92. The number of carbonyl (C=O) groups is 2. The molecule has 0 saturated carbocycles. The van der Waals surface area contributed by atoms with Gasteiger partial charge < -0.3 is 9.53 Å². The van der Waals surface area contributed by atoms with Gasteiger partial charge in [-0.1, -0.05) is 0 Å². The van der Waals surface area contributed by atoms with E-state index in [0.29, 0.717) is 12.0 Å². The van der Waals surface area contributed by atoms with Crippen LogP contribution in [0.1, 0.15) is 29.3 Å². The molecule has 18 heavy (non-hydrogen) atoms. The van der Waals surface area contributed by atoms with E-state index in [1.54, 1.807) is 6.92 Å². The number of non-ortho nitro benzene ring substituents is 1. The molecule has 96 valence electrons. The number of nitrogens with zero attached hydrogens (tertiary/aromatic N) is 1. The van der Waals surface area contributed by atoms with Gasteiger partial charge in [0.1, 0.15) is 6.29 Å². The third-order valence-corrected chi connectivity index (χ3v) is 2.25. The highest BCUT2D eigenvalue weighted by Crippen LogP contribution is 2.19. The van der Waals surface area contributed by atoms with Crippen LogP contribution in [-0.4, -0.2) is 23.8 Å². The Kier molecular flexibility index (Phi) is 4.98. The molecule has 0 aliphatic carbocycles. The van der Waals surface area contributed by atoms with E-state index >= 15 is 0 Å². The average molecular weight is 251 g/mol. The molecule has 0 amide bonds. The van der Waals surface area contributed by atoms with Crippen LogP contribution in [0.3, 0.4) is 0 Å². The van der Waals surface area contributed by atoms with Crippen LogP contribution in [0.25, 0.3) is 0 Å². The van der Waals surface area contributed by atoms with Crippen LogP contribution in [0, 0.1) is 10.1 Å². The number of esters is 1. The SMILES string of the molecule is CCOC(=O)c1cc(CCC=O)cc([N+](=O)[O-])c1. The number of benzene rings is 1. The summed E-state index contributed by atoms with van der Waals surface area (Å²) in [6, 6.07) is 4.03. The van der Waals surface area contributed by atoms with Crippen LogP contribution in [-0.2, 0) is 16.0 Å². The van der Waals surface area contributed by atoms with Crippen LogP contribution in [0.15, 0.2) is 18.2 Å². The Hall–Kier alpha value is -2.24. The first-order valence-corrected chi connectivity index (χ1v) is 5.47. The molecule has 6 nitrogen and oxygen atoms in total. The molecule has 0 unspecified atom stereocenters. The minimum atomic E-state index is -0.603. The summed E-state index contributed by atoms with van der Waals surface area (Å²) in [7, 11) is 0. The maximum atomic E-state index is 11.5. The van der Waals surface area contributed by atoms with Crippen LogP contribution in [0.2, 0.25) is 0 Å². The van der Waals surface area contributed by atoms with Crippen molar-refractivity contribution in [3.05, 3.63) is 39.4 Å². The second-order valence-corrected chi connectivity index (χ2v) is 3.57. The number of carbonyl (C=O) groups excluding carboxylic acids is 2. The highest BCUT2D eigenvalue weighted by molar-refractivity contribution is 5.90. The number of ether oxygens (including phenoxy) is 1. The van der Waals surface area contributed by atoms with Crippen molar-refractivity contribution in [2.45, 2.75) is 19.8 Å². The predicted molar refractivity (Wildman–Crippen MR) is 63.4 cm³/mol. The van der Waals surface area contributed by atoms with Crippen LogP contribution < -0.4 is 0 Å². The van der Waals surface area contributed by atoms with Gasteiger partial charge in [-0.2, -0.15) is 0 Å². The van der Waals surface area contributed by atoms with E-state index in [-0.39, 0.29) is 24.3 Å². The number of nitro groups is 1. The fourth-order valence-corrected chi connectivity index (χ4v) is 1.48. The third-order valence-electron chi connectivity index (χ3n) is 2.25. The molecule has 0 atom stereocenters. The van der Waals surface area contributed by atoms with Crippen LogP contribution in [0.4, 0.5) is 5.69 Å². The topological polar surface area (TPSA) is 86.5 Å². The Balaban J connectivity index is 3.08. The molecule has 0 radical (unpaired) electrons. The summed E-state index contributed by atoms with van der Waals surface area (Å²) in [4.78, 5) is 32.0. The standard InChI is InChI=1S/C12H13NO5/c1-2-18-12(15)10-6-9(4-3-5-14)7-11(8-10)13(16)17/h5-8H,2-4H2,1H3. The van der Waals surface area contributed by atoms with Gasteiger partial charge in [0.25, 0.3) is 5.69 Å². The van der Waals surface area contributed by atoms with E-state index < -0.39 is 10.9 Å². The van der Waals surface area contributed by atoms with Gasteiger partial charge in [0.2, 0.25) is 0 Å². The zero-order valence-corrected chi connectivity index (χ0v) is 9.92. The normalized spacial score (nSPS) is 9.83. The van der Waals surface area contributed by atoms with Gasteiger partial charge in [0, 0.05) is 18.6 Å². The Labute approximate surface area is 104 Å². The lowest BCUT2D eigenvalue weighted by atomic mass is 10.1. The maximum absolute atomic E-state index is 11.5. The van der Waals surface area contributed by atoms with Crippen LogP contribution in [0.5, 0.6) is 0 Å². The van der Waals surface area contributed by atoms with Gasteiger partial charge in [-0.15, -0.1) is 0 Å². The van der Waals surface area contributed by atoms with E-state index in [0.717, 1.165) is 6.29 Å². The molecule has 0 spiro atoms. The van der Waals surface area contributed by atoms with Crippen molar-refractivity contribution in [1.29, 1.82) is 0 Å². The van der Waals surface area contributed by atoms with Gasteiger partial charge in [0.05, 0.1) is 17.1 Å². The van der Waals surface area contributed by atoms with Crippen molar-refractivity contribution in [3.8, 4) is 0 Å². The van der Waals surface area contributed by atoms with Gasteiger partial charge in [-0.3, -0.25) is 10.1 Å². The van der Waals surface area contributed by atoms with Gasteiger partial charge in [0.15, 0.2) is 0 Å². The largest absolute Gasteiger partial charge is 0.462 e. The van der Waals surface area contributed by atoms with Crippen molar-refractivity contribution in [1.82, 2.24) is 0 Å². The average Bonchev–Trinajstić information content (AvgIpc) is 2.36. The molecular weight excluding hydrogens is 238 g/mol. The van der Waals surface area contributed by atoms with Crippen molar-refractivity contribution in [2.24, 2.45) is 0 Å². The first-order chi connectivity index (χ1) is 8.58. The molecule has 0 bridgehead atoms. The Morgan fingerprint density at radius 2 is 2.17 bits per heavy atom. The van der Waals surface area contributed by atoms with E-state index in [4.69, 9.17) is 4.74 Å². The van der Waals surface area contributed by atoms with E-state index in [2.05, 4.69) is 0 Å². The predicted octanol–water partition coefficient (Wildman–Crippen LogP) is 1.90. The second-order valence-electron chi connectivity index (χ2n) is 3.57. The van der Waals surface area contributed by atoms with Crippen molar-refractivity contribution in [2.75, 3.05) is 6.61 Å². The molecule has 1 aromatic rings. The molecule has 0 aromatic heterocycles. The maximum Gasteiger partial charge on any atom is 0.338 e. The van der Waals surface area contributed by atoms with E-state index in [9.17, 15) is 19.7 Å². The van der Waals surface area contributed by atoms with Crippen molar-refractivity contribution < 1.29 is 19.2 Å². The highest BCUT2D eigenvalue weighted by Gasteiger charge is 2.15. The number of aryl methyl sites for hydroxylation is 1. The Morgan fingerprint density at radius 1 is 1.44 bits per heavy atom. The summed E-state index contributed by atoms with van der Waals surface area (Å²) >= 11 is 0. The van der Waals surface area contributed by atoms with Gasteiger partial charge >= 0.3 is 5.97 Å². The van der Waals surface area contributed by atoms with Gasteiger partial charge in [-0.25, -0.2) is 4.79 Å². The van der Waals surface area contributed by atoms with Gasteiger partial charge in [-0.05, 0) is 25.0 Å². The fraction of sp³-hybridized carbons (Fsp3) is 0.333. The number of nitro benzene ring substituents is 1. The summed E-state index contributed by atoms with van der Waals surface area (Å²) in [6.45, 7) is 1.85. The lowest BCUT2D eigenvalue weighted by molar-refractivity contribution is -0.384. The zero-order chi connectivity index (χ0) is 13.5. The first-order valence-electron chi connectivity index (χ1n) is 5.47. The molecule has 1 rings (SSSR count). The molecule has 0 fully saturated rings. The Bertz CT molecular complexity index is 470. The molecule has 0 N–H and O–H groups in total. The van der Waals surface area contributed by atoms with Crippen molar-refractivity contribution in [3.63, 3.8) is 0 Å². The molecule has 0 saturated heterocycles. The smallest absolute Gasteiger partial charge is 0.338 e. The van der Waals surface area contributed by atoms with E-state index in [1.807, 2.05) is 0 Å². The van der Waals surface area contributed by atoms with Crippen LogP contribution >= 0.6 is 0 Å². The number of aldehydes is 1. The Morgan fingerprint density at radius 3 is 2.72 bits per heavy atom. The molecular formula is C12H13NO5. The molecule has 0 aliphatic heterocycles. The lowest BCUT2D eigenvalue weighted by Gasteiger charge is -2.04. The minimum Gasteiger partial charge on any atom is -0.462 e. The molecule has 1 aromatic carbocycles. The second kappa shape index (κ2) is 6.48. The summed E-state index contributed by atoms with van der Waals surface area (Å²) in [5.41, 5.74) is 0.521. The lowest BCUT2D eigenvalue weighted by Crippen LogP contribution is -2.06. The number of hydrogen-bond donors (Lipinski definition) is 0. The first kappa shape index (κ1) is 13.8. The quantitative estimate of drug-likeness (QED) is 0.333. The summed E-state index contributed by atoms with van der Waals surface area (Å²) < 4.78 is 4.79. The summed E-state index contributed by atoms with van der Waals surface area (Å²) in [5, 5.41) is 10.7.